The van der Waals surface area contributed by atoms with Gasteiger partial charge < -0.3 is 20.7 Å². The average Bonchev–Trinajstić information content (AvgIpc) is 2.70. The summed E-state index contributed by atoms with van der Waals surface area (Å²) in [6, 6.07) is 7.55. The predicted octanol–water partition coefficient (Wildman–Crippen LogP) is 1.21. The van der Waals surface area contributed by atoms with Crippen LogP contribution in [-0.2, 0) is 11.3 Å². The molecule has 7 heteroatoms. The van der Waals surface area contributed by atoms with Crippen LogP contribution in [0.1, 0.15) is 36.7 Å². The van der Waals surface area contributed by atoms with Gasteiger partial charge in [-0.1, -0.05) is 12.1 Å². The van der Waals surface area contributed by atoms with Crippen molar-refractivity contribution in [3.8, 4) is 0 Å². The maximum atomic E-state index is 11.8. The lowest BCUT2D eigenvalue weighted by Crippen LogP contribution is -2.56. The second-order valence-corrected chi connectivity index (χ2v) is 7.24. The quantitative estimate of drug-likeness (QED) is 0.493. The molecule has 1 aromatic rings. The predicted molar refractivity (Wildman–Crippen MR) is 109 cm³/mol. The van der Waals surface area contributed by atoms with Gasteiger partial charge >= 0.3 is 0 Å². The van der Waals surface area contributed by atoms with Gasteiger partial charge in [0.1, 0.15) is 0 Å². The fraction of sp³-hybridized carbons (Fsp3) is 0.600. The van der Waals surface area contributed by atoms with E-state index in [4.69, 9.17) is 4.74 Å². The lowest BCUT2D eigenvalue weighted by Gasteiger charge is -2.41. The highest BCUT2D eigenvalue weighted by Gasteiger charge is 2.28. The standard InChI is InChI=1S/C20H33N5O2/c1-5-22-19(24-15-20(2,3)25-9-11-27-12-10-25)23-14-16-7-6-8-17(13-16)18(26)21-4/h6-8,13H,5,9-12,14-15H2,1-4H3,(H,21,26)(H2,22,23,24). The minimum Gasteiger partial charge on any atom is -0.379 e. The molecule has 0 spiro atoms. The first kappa shape index (κ1) is 21.2. The number of benzene rings is 1. The molecule has 0 unspecified atom stereocenters. The monoisotopic (exact) mass is 375 g/mol. The molecular formula is C20H33N5O2. The molecule has 0 aromatic heterocycles. The summed E-state index contributed by atoms with van der Waals surface area (Å²) in [5, 5.41) is 9.40. The SMILES string of the molecule is CCNC(=NCc1cccc(C(=O)NC)c1)NCC(C)(C)N1CCOCC1. The molecule has 1 amide bonds. The van der Waals surface area contributed by atoms with Crippen molar-refractivity contribution in [2.75, 3.05) is 46.4 Å². The average molecular weight is 376 g/mol. The maximum absolute atomic E-state index is 11.8. The number of carbonyl (C=O) groups excluding carboxylic acids is 1. The van der Waals surface area contributed by atoms with Crippen molar-refractivity contribution in [1.29, 1.82) is 0 Å². The number of hydrogen-bond donors (Lipinski definition) is 3. The third-order valence-electron chi connectivity index (χ3n) is 4.74. The first-order chi connectivity index (χ1) is 13.0. The molecule has 7 nitrogen and oxygen atoms in total. The Morgan fingerprint density at radius 1 is 1.26 bits per heavy atom. The fourth-order valence-electron chi connectivity index (χ4n) is 3.05. The number of nitrogens with one attached hydrogen (secondary N) is 3. The molecule has 1 aromatic carbocycles. The third-order valence-corrected chi connectivity index (χ3v) is 4.74. The number of carbonyl (C=O) groups is 1. The molecule has 0 saturated carbocycles. The molecule has 27 heavy (non-hydrogen) atoms. The largest absolute Gasteiger partial charge is 0.379 e. The molecule has 2 rings (SSSR count). The number of rotatable bonds is 7. The van der Waals surface area contributed by atoms with E-state index in [0.717, 1.165) is 50.9 Å². The van der Waals surface area contributed by atoms with Crippen molar-refractivity contribution in [3.63, 3.8) is 0 Å². The van der Waals surface area contributed by atoms with Gasteiger partial charge in [-0.05, 0) is 38.5 Å². The number of morpholine rings is 1. The Morgan fingerprint density at radius 2 is 2.00 bits per heavy atom. The van der Waals surface area contributed by atoms with E-state index in [1.54, 1.807) is 13.1 Å². The molecule has 3 N–H and O–H groups in total. The topological polar surface area (TPSA) is 78.0 Å². The Labute approximate surface area is 162 Å². The summed E-state index contributed by atoms with van der Waals surface area (Å²) in [4.78, 5) is 18.9. The van der Waals surface area contributed by atoms with Crippen LogP contribution in [0.3, 0.4) is 0 Å². The van der Waals surface area contributed by atoms with E-state index in [2.05, 4.69) is 46.6 Å². The summed E-state index contributed by atoms with van der Waals surface area (Å²) in [6.07, 6.45) is 0. The fourth-order valence-corrected chi connectivity index (χ4v) is 3.05. The van der Waals surface area contributed by atoms with Crippen LogP contribution >= 0.6 is 0 Å². The first-order valence-electron chi connectivity index (χ1n) is 9.62. The minimum absolute atomic E-state index is 0.0130. The number of guanidine groups is 1. The molecule has 1 aliphatic heterocycles. The Bertz CT molecular complexity index is 639. The van der Waals surface area contributed by atoms with Gasteiger partial charge in [0, 0.05) is 44.3 Å². The molecule has 0 aliphatic carbocycles. The van der Waals surface area contributed by atoms with Crippen molar-refractivity contribution < 1.29 is 9.53 Å². The van der Waals surface area contributed by atoms with Crippen LogP contribution in [0.15, 0.2) is 29.3 Å². The molecule has 1 saturated heterocycles. The normalized spacial score (nSPS) is 16.1. The van der Waals surface area contributed by atoms with Gasteiger partial charge in [-0.3, -0.25) is 9.69 Å². The zero-order chi connectivity index (χ0) is 19.7. The lowest BCUT2D eigenvalue weighted by molar-refractivity contribution is -0.00834. The Hall–Kier alpha value is -2.12. The summed E-state index contributed by atoms with van der Waals surface area (Å²) >= 11 is 0. The Kier molecular flexibility index (Phi) is 8.06. The van der Waals surface area contributed by atoms with Gasteiger partial charge in [0.15, 0.2) is 5.96 Å². The second kappa shape index (κ2) is 10.3. The lowest BCUT2D eigenvalue weighted by atomic mass is 10.0. The van der Waals surface area contributed by atoms with Crippen molar-refractivity contribution in [2.24, 2.45) is 4.99 Å². The van der Waals surface area contributed by atoms with Crippen LogP contribution in [0.25, 0.3) is 0 Å². The van der Waals surface area contributed by atoms with Gasteiger partial charge in [-0.2, -0.15) is 0 Å². The zero-order valence-corrected chi connectivity index (χ0v) is 17.0. The Morgan fingerprint density at radius 3 is 2.67 bits per heavy atom. The van der Waals surface area contributed by atoms with Crippen LogP contribution in [0.2, 0.25) is 0 Å². The smallest absolute Gasteiger partial charge is 0.251 e. The van der Waals surface area contributed by atoms with Crippen LogP contribution in [0.5, 0.6) is 0 Å². The van der Waals surface area contributed by atoms with Gasteiger partial charge in [0.25, 0.3) is 5.91 Å². The van der Waals surface area contributed by atoms with E-state index in [-0.39, 0.29) is 11.4 Å². The molecule has 0 radical (unpaired) electrons. The number of amides is 1. The number of hydrogen-bond acceptors (Lipinski definition) is 4. The van der Waals surface area contributed by atoms with Crippen LogP contribution in [-0.4, -0.2) is 68.7 Å². The van der Waals surface area contributed by atoms with Crippen LogP contribution in [0, 0.1) is 0 Å². The summed E-state index contributed by atoms with van der Waals surface area (Å²) in [5.41, 5.74) is 1.66. The molecular weight excluding hydrogens is 342 g/mol. The number of ether oxygens (including phenoxy) is 1. The molecule has 1 heterocycles. The number of aliphatic imine (C=N–C) groups is 1. The van der Waals surface area contributed by atoms with E-state index in [0.29, 0.717) is 12.1 Å². The second-order valence-electron chi connectivity index (χ2n) is 7.24. The Balaban J connectivity index is 1.98. The molecule has 150 valence electrons. The first-order valence-corrected chi connectivity index (χ1v) is 9.62. The van der Waals surface area contributed by atoms with Crippen LogP contribution < -0.4 is 16.0 Å². The molecule has 0 bridgehead atoms. The van der Waals surface area contributed by atoms with E-state index in [9.17, 15) is 4.79 Å². The summed E-state index contributed by atoms with van der Waals surface area (Å²) in [5.74, 6) is 0.697. The van der Waals surface area contributed by atoms with E-state index < -0.39 is 0 Å². The molecule has 0 atom stereocenters. The van der Waals surface area contributed by atoms with E-state index in [1.165, 1.54) is 0 Å². The summed E-state index contributed by atoms with van der Waals surface area (Å²) in [6.45, 7) is 12.1. The molecule has 1 fully saturated rings. The zero-order valence-electron chi connectivity index (χ0n) is 17.0. The van der Waals surface area contributed by atoms with Crippen molar-refractivity contribution in [1.82, 2.24) is 20.9 Å². The van der Waals surface area contributed by atoms with Crippen molar-refractivity contribution in [3.05, 3.63) is 35.4 Å². The highest BCUT2D eigenvalue weighted by Crippen LogP contribution is 2.15. The van der Waals surface area contributed by atoms with Crippen LogP contribution in [0.4, 0.5) is 0 Å². The highest BCUT2D eigenvalue weighted by molar-refractivity contribution is 5.94. The molecule has 1 aliphatic rings. The summed E-state index contributed by atoms with van der Waals surface area (Å²) < 4.78 is 5.45. The summed E-state index contributed by atoms with van der Waals surface area (Å²) in [7, 11) is 1.64. The van der Waals surface area contributed by atoms with Gasteiger partial charge in [-0.15, -0.1) is 0 Å². The number of nitrogens with zero attached hydrogens (tertiary/aromatic N) is 2. The van der Waals surface area contributed by atoms with Crippen molar-refractivity contribution >= 4 is 11.9 Å². The highest BCUT2D eigenvalue weighted by atomic mass is 16.5. The van der Waals surface area contributed by atoms with E-state index >= 15 is 0 Å². The van der Waals surface area contributed by atoms with Gasteiger partial charge in [0.05, 0.1) is 19.8 Å². The minimum atomic E-state index is -0.0851. The third kappa shape index (κ3) is 6.52. The maximum Gasteiger partial charge on any atom is 0.251 e. The van der Waals surface area contributed by atoms with Gasteiger partial charge in [0.2, 0.25) is 0 Å². The van der Waals surface area contributed by atoms with E-state index in [1.807, 2.05) is 18.2 Å². The van der Waals surface area contributed by atoms with Crippen molar-refractivity contribution in [2.45, 2.75) is 32.9 Å². The van der Waals surface area contributed by atoms with Gasteiger partial charge in [-0.25, -0.2) is 4.99 Å².